The highest BCUT2D eigenvalue weighted by molar-refractivity contribution is 9.09. The van der Waals surface area contributed by atoms with E-state index in [1.807, 2.05) is 66.7 Å². The first-order chi connectivity index (χ1) is 43.0. The minimum Gasteiger partial charge on any atom is -0.368 e. The Morgan fingerprint density at radius 1 is 0.344 bits per heavy atom. The van der Waals surface area contributed by atoms with Crippen LogP contribution >= 0.6 is 121 Å². The SMILES string of the molecule is Cl.Clc1cccc(N2CCNCC2)c1Cl.NCCN1CCN(c2cccc(Cl)c2Cl)CC1.NCCN1CCN(c2cccc(Cl)c2Cl)CC1.O=C1c2ccccc2C(=O)N1CCBr.O=C1c2ccccc2C(=O)N1CCN1CCN(c2cccc(Cl)c2Cl)CC1. The molecule has 0 radical (unpaired) electrons. The number of rotatable bonds is 13. The van der Waals surface area contributed by atoms with Gasteiger partial charge in [-0.15, -0.1) is 12.4 Å². The van der Waals surface area contributed by atoms with Gasteiger partial charge in [-0.3, -0.25) is 43.7 Å². The number of anilines is 4. The third-order valence-corrected chi connectivity index (χ3v) is 19.5. The second-order valence-electron chi connectivity index (χ2n) is 21.4. The summed E-state index contributed by atoms with van der Waals surface area (Å²) in [5, 5.41) is 8.89. The standard InChI is InChI=1S/C20H19Cl2N3O2.2C12H17Cl2N3.C10H8BrNO2.C10H12Cl2N2.ClH/c21-16-6-3-7-17(18(16)22)24-11-8-23(9-12-24)10-13-25-19(26)14-4-1-2-5-15(14)20(25)27;2*13-10-2-1-3-11(12(10)14)17-8-6-16(5-4-15)7-9-17;11-5-6-12-9(13)7-3-1-2-4-8(7)10(12)14;11-8-2-1-3-9(10(8)12)14-6-4-13-5-7-14;/h1-7H,8-13H2;2*1-3H,4-9,15H2;1-4H,5-6H2;1-3,13H,4-7H2;1H. The summed E-state index contributed by atoms with van der Waals surface area (Å²) in [5.74, 6) is -0.769. The Labute approximate surface area is 582 Å². The molecule has 0 saturated carbocycles. The van der Waals surface area contributed by atoms with Crippen LogP contribution in [0.15, 0.2) is 121 Å². The average molecular weight is 1470 g/mol. The molecule has 26 heteroatoms. The molecule has 12 rings (SSSR count). The lowest BCUT2D eigenvalue weighted by Gasteiger charge is -2.37. The molecule has 6 aliphatic heterocycles. The highest BCUT2D eigenvalue weighted by atomic mass is 79.9. The van der Waals surface area contributed by atoms with Crippen LogP contribution in [0.5, 0.6) is 0 Å². The van der Waals surface area contributed by atoms with Gasteiger partial charge in [-0.25, -0.2) is 0 Å². The van der Waals surface area contributed by atoms with Gasteiger partial charge in [0.1, 0.15) is 0 Å². The molecule has 16 nitrogen and oxygen atoms in total. The van der Waals surface area contributed by atoms with E-state index in [0.717, 1.165) is 154 Å². The average Bonchev–Trinajstić information content (AvgIpc) is 2.00. The first kappa shape index (κ1) is 73.1. The predicted octanol–water partition coefficient (Wildman–Crippen LogP) is 12.1. The number of hydrogen-bond acceptors (Lipinski definition) is 14. The lowest BCUT2D eigenvalue weighted by Crippen LogP contribution is -2.49. The number of nitrogens with two attached hydrogens (primary N) is 2. The topological polar surface area (TPSA) is 162 Å². The summed E-state index contributed by atoms with van der Waals surface area (Å²) < 4.78 is 0. The monoisotopic (exact) mass is 1470 g/mol. The lowest BCUT2D eigenvalue weighted by atomic mass is 10.1. The lowest BCUT2D eigenvalue weighted by molar-refractivity contribution is 0.0628. The molecule has 90 heavy (non-hydrogen) atoms. The van der Waals surface area contributed by atoms with Gasteiger partial charge in [0.2, 0.25) is 0 Å². The van der Waals surface area contributed by atoms with Crippen molar-refractivity contribution in [2.75, 3.05) is 175 Å². The van der Waals surface area contributed by atoms with Crippen LogP contribution in [0.25, 0.3) is 0 Å². The molecule has 0 aromatic heterocycles. The first-order valence-corrected chi connectivity index (χ1v) is 33.7. The van der Waals surface area contributed by atoms with Crippen molar-refractivity contribution in [2.45, 2.75) is 0 Å². The predicted molar refractivity (Wildman–Crippen MR) is 380 cm³/mol. The summed E-state index contributed by atoms with van der Waals surface area (Å²) in [6, 6.07) is 36.9. The molecule has 4 amide bonds. The molecular weight excluding hydrogens is 1400 g/mol. The summed E-state index contributed by atoms with van der Waals surface area (Å²) in [4.78, 5) is 66.9. The number of fused-ring (bicyclic) bond motifs is 2. The molecular formula is C64H74BrCl9N12O4. The first-order valence-electron chi connectivity index (χ1n) is 29.5. The summed E-state index contributed by atoms with van der Waals surface area (Å²) in [6.45, 7) is 20.2. The fraction of sp³-hybridized carbons (Fsp3) is 0.375. The molecule has 6 aromatic rings. The van der Waals surface area contributed by atoms with Crippen molar-refractivity contribution in [1.29, 1.82) is 0 Å². The van der Waals surface area contributed by atoms with Gasteiger partial charge in [-0.1, -0.05) is 157 Å². The molecule has 0 atom stereocenters. The van der Waals surface area contributed by atoms with E-state index in [1.165, 1.54) is 9.80 Å². The molecule has 6 heterocycles. The Morgan fingerprint density at radius 2 is 0.611 bits per heavy atom. The molecule has 0 aliphatic carbocycles. The summed E-state index contributed by atoms with van der Waals surface area (Å²) in [7, 11) is 0. The number of piperazine rings is 4. The summed E-state index contributed by atoms with van der Waals surface area (Å²) in [6.07, 6.45) is 0. The number of amides is 4. The number of carbonyl (C=O) groups is 4. The molecule has 5 N–H and O–H groups in total. The number of nitrogens with zero attached hydrogens (tertiary/aromatic N) is 9. The van der Waals surface area contributed by atoms with Gasteiger partial charge in [0.05, 0.1) is 85.2 Å². The summed E-state index contributed by atoms with van der Waals surface area (Å²) in [5.41, 5.74) is 17.2. The van der Waals surface area contributed by atoms with E-state index in [9.17, 15) is 19.2 Å². The van der Waals surface area contributed by atoms with E-state index >= 15 is 0 Å². The van der Waals surface area contributed by atoms with Gasteiger partial charge in [0.25, 0.3) is 23.6 Å². The number of alkyl halides is 1. The van der Waals surface area contributed by atoms with Gasteiger partial charge < -0.3 is 36.4 Å². The Hall–Kier alpha value is -4.35. The normalized spacial score (nSPS) is 16.8. The van der Waals surface area contributed by atoms with Crippen molar-refractivity contribution in [1.82, 2.24) is 29.8 Å². The fourth-order valence-electron chi connectivity index (χ4n) is 11.1. The minimum atomic E-state index is -0.194. The van der Waals surface area contributed by atoms with E-state index in [0.29, 0.717) is 87.4 Å². The van der Waals surface area contributed by atoms with E-state index in [2.05, 4.69) is 55.5 Å². The third-order valence-electron chi connectivity index (χ3n) is 15.9. The van der Waals surface area contributed by atoms with E-state index in [4.69, 9.17) is 104 Å². The van der Waals surface area contributed by atoms with Crippen molar-refractivity contribution in [3.05, 3.63) is 184 Å². The zero-order chi connectivity index (χ0) is 63.6. The van der Waals surface area contributed by atoms with E-state index in [1.54, 1.807) is 54.6 Å². The van der Waals surface area contributed by atoms with Gasteiger partial charge in [0, 0.05) is 156 Å². The molecule has 6 aliphatic rings. The van der Waals surface area contributed by atoms with Crippen LogP contribution in [0.2, 0.25) is 40.2 Å². The van der Waals surface area contributed by atoms with Gasteiger partial charge in [-0.2, -0.15) is 0 Å². The Kier molecular flexibility index (Phi) is 29.5. The molecule has 6 aromatic carbocycles. The Bertz CT molecular complexity index is 3220. The molecule has 0 unspecified atom stereocenters. The van der Waals surface area contributed by atoms with Crippen molar-refractivity contribution < 1.29 is 19.2 Å². The largest absolute Gasteiger partial charge is 0.368 e. The van der Waals surface area contributed by atoms with E-state index < -0.39 is 0 Å². The maximum Gasteiger partial charge on any atom is 0.261 e. The maximum absolute atomic E-state index is 12.4. The van der Waals surface area contributed by atoms with Crippen LogP contribution in [-0.2, 0) is 0 Å². The van der Waals surface area contributed by atoms with Crippen molar-refractivity contribution >= 4 is 168 Å². The quantitative estimate of drug-likeness (QED) is 0.0740. The molecule has 4 fully saturated rings. The zero-order valence-electron chi connectivity index (χ0n) is 49.6. The highest BCUT2D eigenvalue weighted by Gasteiger charge is 2.36. The molecule has 0 spiro atoms. The van der Waals surface area contributed by atoms with Crippen molar-refractivity contribution in [3.8, 4) is 0 Å². The van der Waals surface area contributed by atoms with Gasteiger partial charge in [-0.05, 0) is 72.8 Å². The number of benzene rings is 6. The number of imide groups is 2. The van der Waals surface area contributed by atoms with E-state index in [-0.39, 0.29) is 36.0 Å². The number of halogens is 10. The van der Waals surface area contributed by atoms with Crippen LogP contribution in [0, 0.1) is 0 Å². The Morgan fingerprint density at radius 3 is 0.889 bits per heavy atom. The smallest absolute Gasteiger partial charge is 0.261 e. The Balaban J connectivity index is 0.000000164. The maximum atomic E-state index is 12.4. The van der Waals surface area contributed by atoms with Gasteiger partial charge >= 0.3 is 0 Å². The number of carbonyl (C=O) groups excluding carboxylic acids is 4. The number of hydrogen-bond donors (Lipinski definition) is 3. The second kappa shape index (κ2) is 36.4. The fourth-order valence-corrected chi connectivity index (χ4v) is 13.1. The molecule has 0 bridgehead atoms. The molecule has 484 valence electrons. The highest BCUT2D eigenvalue weighted by Crippen LogP contribution is 2.36. The zero-order valence-corrected chi connectivity index (χ0v) is 58.1. The van der Waals surface area contributed by atoms with Crippen LogP contribution in [0.4, 0.5) is 22.7 Å². The minimum absolute atomic E-state index is 0. The van der Waals surface area contributed by atoms with Crippen LogP contribution < -0.4 is 36.4 Å². The second-order valence-corrected chi connectivity index (χ2v) is 25.3. The third kappa shape index (κ3) is 18.9. The van der Waals surface area contributed by atoms with Crippen LogP contribution in [-0.4, -0.2) is 204 Å². The summed E-state index contributed by atoms with van der Waals surface area (Å²) >= 11 is 52.2. The van der Waals surface area contributed by atoms with Crippen LogP contribution in [0.3, 0.4) is 0 Å². The number of nitrogens with one attached hydrogen (secondary N) is 1. The van der Waals surface area contributed by atoms with Gasteiger partial charge in [0.15, 0.2) is 0 Å². The van der Waals surface area contributed by atoms with Crippen molar-refractivity contribution in [2.24, 2.45) is 11.5 Å². The van der Waals surface area contributed by atoms with Crippen molar-refractivity contribution in [3.63, 3.8) is 0 Å². The van der Waals surface area contributed by atoms with Crippen LogP contribution in [0.1, 0.15) is 41.4 Å². The molecule has 4 saturated heterocycles.